The molecule has 1 amide bonds. The largest absolute Gasteiger partial charge is 0.305 e. The number of nitrogens with one attached hydrogen (secondary N) is 1. The zero-order chi connectivity index (χ0) is 22.9. The molecule has 2 heterocycles. The van der Waals surface area contributed by atoms with Gasteiger partial charge < -0.3 is 5.32 Å². The van der Waals surface area contributed by atoms with E-state index < -0.39 is 0 Å². The van der Waals surface area contributed by atoms with Crippen LogP contribution in [0.5, 0.6) is 0 Å². The molecular weight excluding hydrogens is 410 g/mol. The van der Waals surface area contributed by atoms with E-state index in [-0.39, 0.29) is 5.91 Å². The SMILES string of the molecule is Cc1ccc(C(=O)Nc2ccn(C)n2)cc1-c1ccc2c(-c3ccccc3C)nncc2c1. The van der Waals surface area contributed by atoms with Gasteiger partial charge in [0.2, 0.25) is 0 Å². The molecule has 3 aromatic carbocycles. The third-order valence-corrected chi connectivity index (χ3v) is 5.83. The maximum Gasteiger partial charge on any atom is 0.256 e. The summed E-state index contributed by atoms with van der Waals surface area (Å²) in [6.45, 7) is 4.12. The maximum atomic E-state index is 12.8. The molecule has 0 aliphatic carbocycles. The summed E-state index contributed by atoms with van der Waals surface area (Å²) in [6, 6.07) is 21.9. The van der Waals surface area contributed by atoms with Crippen molar-refractivity contribution in [2.75, 3.05) is 5.32 Å². The van der Waals surface area contributed by atoms with E-state index in [2.05, 4.69) is 57.9 Å². The van der Waals surface area contributed by atoms with Crippen LogP contribution in [0.3, 0.4) is 0 Å². The fourth-order valence-electron chi connectivity index (χ4n) is 4.04. The van der Waals surface area contributed by atoms with Crippen LogP contribution in [-0.4, -0.2) is 25.9 Å². The van der Waals surface area contributed by atoms with Crippen LogP contribution in [0, 0.1) is 13.8 Å². The predicted octanol–water partition coefficient (Wildman–Crippen LogP) is 5.57. The molecule has 0 saturated heterocycles. The number of hydrogen-bond donors (Lipinski definition) is 1. The van der Waals surface area contributed by atoms with Gasteiger partial charge in [-0.05, 0) is 54.3 Å². The van der Waals surface area contributed by atoms with Gasteiger partial charge in [0.05, 0.1) is 6.20 Å². The number of carbonyl (C=O) groups excluding carboxylic acids is 1. The lowest BCUT2D eigenvalue weighted by Gasteiger charge is -2.12. The molecule has 0 spiro atoms. The molecule has 2 aromatic heterocycles. The molecular formula is C27H23N5O. The number of aryl methyl sites for hydroxylation is 3. The highest BCUT2D eigenvalue weighted by Gasteiger charge is 2.13. The summed E-state index contributed by atoms with van der Waals surface area (Å²) in [4.78, 5) is 12.8. The second-order valence-electron chi connectivity index (χ2n) is 8.17. The number of rotatable bonds is 4. The Labute approximate surface area is 191 Å². The first kappa shape index (κ1) is 20.6. The molecule has 0 aliphatic rings. The lowest BCUT2D eigenvalue weighted by molar-refractivity contribution is 0.102. The Morgan fingerprint density at radius 1 is 0.909 bits per heavy atom. The van der Waals surface area contributed by atoms with Crippen LogP contribution >= 0.6 is 0 Å². The summed E-state index contributed by atoms with van der Waals surface area (Å²) in [5.74, 6) is 0.334. The number of fused-ring (bicyclic) bond motifs is 1. The summed E-state index contributed by atoms with van der Waals surface area (Å²) in [5.41, 5.74) is 6.80. The van der Waals surface area contributed by atoms with Crippen molar-refractivity contribution in [3.05, 3.63) is 95.8 Å². The van der Waals surface area contributed by atoms with Gasteiger partial charge in [-0.2, -0.15) is 10.2 Å². The number of benzene rings is 3. The van der Waals surface area contributed by atoms with E-state index in [0.29, 0.717) is 11.4 Å². The maximum absolute atomic E-state index is 12.8. The van der Waals surface area contributed by atoms with Gasteiger partial charge >= 0.3 is 0 Å². The minimum atomic E-state index is -0.191. The van der Waals surface area contributed by atoms with Gasteiger partial charge in [-0.1, -0.05) is 42.5 Å². The molecule has 0 bridgehead atoms. The highest BCUT2D eigenvalue weighted by molar-refractivity contribution is 6.05. The van der Waals surface area contributed by atoms with Crippen LogP contribution in [0.4, 0.5) is 5.82 Å². The van der Waals surface area contributed by atoms with Crippen molar-refractivity contribution in [1.82, 2.24) is 20.0 Å². The van der Waals surface area contributed by atoms with Crippen LogP contribution in [-0.2, 0) is 7.05 Å². The van der Waals surface area contributed by atoms with Crippen molar-refractivity contribution in [2.45, 2.75) is 13.8 Å². The monoisotopic (exact) mass is 433 g/mol. The molecule has 0 saturated carbocycles. The Kier molecular flexibility index (Phi) is 5.18. The van der Waals surface area contributed by atoms with E-state index in [1.54, 1.807) is 23.1 Å². The molecule has 0 atom stereocenters. The fraction of sp³-hybridized carbons (Fsp3) is 0.111. The molecule has 6 heteroatoms. The minimum Gasteiger partial charge on any atom is -0.305 e. The van der Waals surface area contributed by atoms with Gasteiger partial charge in [0, 0.05) is 41.2 Å². The molecule has 0 aliphatic heterocycles. The molecule has 5 rings (SSSR count). The van der Waals surface area contributed by atoms with Gasteiger partial charge in [0.25, 0.3) is 5.91 Å². The Balaban J connectivity index is 1.53. The third kappa shape index (κ3) is 3.99. The average molecular weight is 434 g/mol. The number of anilines is 1. The van der Waals surface area contributed by atoms with E-state index in [4.69, 9.17) is 0 Å². The van der Waals surface area contributed by atoms with Crippen molar-refractivity contribution in [2.24, 2.45) is 7.05 Å². The normalized spacial score (nSPS) is 11.0. The molecule has 6 nitrogen and oxygen atoms in total. The first-order valence-corrected chi connectivity index (χ1v) is 10.7. The van der Waals surface area contributed by atoms with Crippen LogP contribution in [0.15, 0.2) is 79.1 Å². The summed E-state index contributed by atoms with van der Waals surface area (Å²) < 4.78 is 1.65. The lowest BCUT2D eigenvalue weighted by atomic mass is 9.94. The summed E-state index contributed by atoms with van der Waals surface area (Å²) in [7, 11) is 1.81. The predicted molar refractivity (Wildman–Crippen MR) is 131 cm³/mol. The summed E-state index contributed by atoms with van der Waals surface area (Å²) >= 11 is 0. The van der Waals surface area contributed by atoms with Crippen LogP contribution in [0.25, 0.3) is 33.2 Å². The Bertz CT molecular complexity index is 1500. The van der Waals surface area contributed by atoms with Crippen molar-refractivity contribution >= 4 is 22.5 Å². The van der Waals surface area contributed by atoms with E-state index in [9.17, 15) is 4.79 Å². The fourth-order valence-corrected chi connectivity index (χ4v) is 4.04. The Morgan fingerprint density at radius 3 is 2.52 bits per heavy atom. The van der Waals surface area contributed by atoms with Gasteiger partial charge in [-0.3, -0.25) is 9.48 Å². The summed E-state index contributed by atoms with van der Waals surface area (Å²) in [5, 5.41) is 17.8. The highest BCUT2D eigenvalue weighted by Crippen LogP contribution is 2.32. The van der Waals surface area contributed by atoms with Crippen LogP contribution < -0.4 is 5.32 Å². The van der Waals surface area contributed by atoms with Crippen molar-refractivity contribution in [3.8, 4) is 22.4 Å². The zero-order valence-electron chi connectivity index (χ0n) is 18.7. The number of aromatic nitrogens is 4. The number of carbonyl (C=O) groups is 1. The molecule has 5 aromatic rings. The quantitative estimate of drug-likeness (QED) is 0.402. The second-order valence-corrected chi connectivity index (χ2v) is 8.17. The average Bonchev–Trinajstić information content (AvgIpc) is 3.23. The van der Waals surface area contributed by atoms with E-state index >= 15 is 0 Å². The van der Waals surface area contributed by atoms with Crippen molar-refractivity contribution in [1.29, 1.82) is 0 Å². The van der Waals surface area contributed by atoms with E-state index in [0.717, 1.165) is 44.3 Å². The smallest absolute Gasteiger partial charge is 0.256 e. The standard InChI is InChI=1S/C27H23N5O/c1-17-6-4-5-7-22(17)26-23-11-10-19(14-21(23)16-28-30-26)24-15-20(9-8-18(24)2)27(33)29-25-12-13-32(3)31-25/h4-16H,1-3H3,(H,29,31,33). The minimum absolute atomic E-state index is 0.191. The van der Waals surface area contributed by atoms with Crippen LogP contribution in [0.1, 0.15) is 21.5 Å². The van der Waals surface area contributed by atoms with E-state index in [1.807, 2.05) is 44.3 Å². The topological polar surface area (TPSA) is 72.7 Å². The first-order valence-electron chi connectivity index (χ1n) is 10.7. The number of amides is 1. The Hall–Kier alpha value is -4.32. The molecule has 0 unspecified atom stereocenters. The first-order chi connectivity index (χ1) is 16.0. The number of nitrogens with zero attached hydrogens (tertiary/aromatic N) is 4. The van der Waals surface area contributed by atoms with E-state index in [1.165, 1.54) is 0 Å². The number of hydrogen-bond acceptors (Lipinski definition) is 4. The highest BCUT2D eigenvalue weighted by atomic mass is 16.1. The van der Waals surface area contributed by atoms with Gasteiger partial charge in [-0.25, -0.2) is 0 Å². The third-order valence-electron chi connectivity index (χ3n) is 5.83. The second kappa shape index (κ2) is 8.31. The van der Waals surface area contributed by atoms with Gasteiger partial charge in [0.1, 0.15) is 5.69 Å². The van der Waals surface area contributed by atoms with Gasteiger partial charge in [-0.15, -0.1) is 5.10 Å². The lowest BCUT2D eigenvalue weighted by Crippen LogP contribution is -2.12. The zero-order valence-corrected chi connectivity index (χ0v) is 18.7. The molecule has 0 radical (unpaired) electrons. The summed E-state index contributed by atoms with van der Waals surface area (Å²) in [6.07, 6.45) is 3.58. The van der Waals surface area contributed by atoms with Crippen LogP contribution in [0.2, 0.25) is 0 Å². The van der Waals surface area contributed by atoms with Gasteiger partial charge in [0.15, 0.2) is 5.82 Å². The van der Waals surface area contributed by atoms with Crippen molar-refractivity contribution in [3.63, 3.8) is 0 Å². The molecule has 33 heavy (non-hydrogen) atoms. The molecule has 162 valence electrons. The Morgan fingerprint density at radius 2 is 1.73 bits per heavy atom. The molecule has 1 N–H and O–H groups in total. The molecule has 0 fully saturated rings. The van der Waals surface area contributed by atoms with Crippen molar-refractivity contribution < 1.29 is 4.79 Å².